The third kappa shape index (κ3) is 2.51. The summed E-state index contributed by atoms with van der Waals surface area (Å²) in [4.78, 5) is 12.2. The van der Waals surface area contributed by atoms with Crippen molar-refractivity contribution in [1.29, 1.82) is 0 Å². The van der Waals surface area contributed by atoms with Gasteiger partial charge in [0.05, 0.1) is 0 Å². The predicted octanol–water partition coefficient (Wildman–Crippen LogP) is 1.47. The molecule has 1 heterocycles. The molecular weight excluding hydrogens is 161 g/mol. The van der Waals surface area contributed by atoms with Crippen molar-refractivity contribution in [3.63, 3.8) is 0 Å². The van der Waals surface area contributed by atoms with Crippen LogP contribution in [0.5, 0.6) is 0 Å². The van der Waals surface area contributed by atoms with Gasteiger partial charge < -0.3 is 0 Å². The quantitative estimate of drug-likeness (QED) is 0.535. The topological polar surface area (TPSA) is 37.1 Å². The molecule has 0 unspecified atom stereocenters. The van der Waals surface area contributed by atoms with E-state index < -0.39 is 0 Å². The Morgan fingerprint density at radius 3 is 2.54 bits per heavy atom. The minimum atomic E-state index is 0.239. The average molecular weight is 171 g/mol. The normalized spacial score (nSPS) is 18.0. The molecule has 0 atom stereocenters. The monoisotopic (exact) mass is 171 g/mol. The van der Waals surface area contributed by atoms with E-state index in [0.717, 1.165) is 11.3 Å². The van der Waals surface area contributed by atoms with Crippen LogP contribution < -0.4 is 0 Å². The van der Waals surface area contributed by atoms with Gasteiger partial charge in [0.25, 0.3) is 0 Å². The molecule has 2 radical (unpaired) electrons. The van der Waals surface area contributed by atoms with Crippen LogP contribution in [0.2, 0.25) is 0 Å². The highest BCUT2D eigenvalue weighted by Crippen LogP contribution is 2.11. The summed E-state index contributed by atoms with van der Waals surface area (Å²) in [5.41, 5.74) is 2.05. The van der Waals surface area contributed by atoms with Crippen LogP contribution in [0, 0.1) is 0 Å². The molecule has 1 aliphatic rings. The molecule has 0 N–H and O–H groups in total. The molecule has 64 valence electrons. The molecule has 1 rings (SSSR count). The minimum Gasteiger partial charge on any atom is -0.251 e. The summed E-state index contributed by atoms with van der Waals surface area (Å²) >= 11 is 0. The van der Waals surface area contributed by atoms with Crippen molar-refractivity contribution in [3.05, 3.63) is 23.4 Å². The Bertz CT molecular complexity index is 344. The zero-order valence-electron chi connectivity index (χ0n) is 7.78. The highest BCUT2D eigenvalue weighted by atomic mass is 15.0. The molecule has 0 bridgehead atoms. The molecule has 0 spiro atoms. The van der Waals surface area contributed by atoms with E-state index in [2.05, 4.69) is 21.6 Å². The highest BCUT2D eigenvalue weighted by Gasteiger charge is 2.07. The third-order valence-corrected chi connectivity index (χ3v) is 1.40. The predicted molar refractivity (Wildman–Crippen MR) is 57.7 cm³/mol. The molecule has 0 aromatic heterocycles. The SMILES string of the molecule is [B]C(=C)N=C1N=CC=NC1=C(C)C. The van der Waals surface area contributed by atoms with Gasteiger partial charge in [-0.05, 0) is 25.0 Å². The summed E-state index contributed by atoms with van der Waals surface area (Å²) in [6.07, 6.45) is 3.20. The number of aliphatic imine (C=N–C) groups is 3. The fraction of sp³-hybridized carbons (Fsp3) is 0.222. The van der Waals surface area contributed by atoms with Crippen molar-refractivity contribution in [2.75, 3.05) is 0 Å². The van der Waals surface area contributed by atoms with E-state index >= 15 is 0 Å². The molecule has 1 aliphatic heterocycles. The summed E-state index contributed by atoms with van der Waals surface area (Å²) in [5, 5.41) is 0. The van der Waals surface area contributed by atoms with Crippen LogP contribution in [0.4, 0.5) is 0 Å². The fourth-order valence-electron chi connectivity index (χ4n) is 0.901. The number of hydrogen-bond acceptors (Lipinski definition) is 2. The van der Waals surface area contributed by atoms with Gasteiger partial charge >= 0.3 is 0 Å². The molecule has 0 saturated carbocycles. The molecule has 3 nitrogen and oxygen atoms in total. The van der Waals surface area contributed by atoms with Crippen molar-refractivity contribution < 1.29 is 0 Å². The van der Waals surface area contributed by atoms with Crippen LogP contribution in [0.25, 0.3) is 0 Å². The molecule has 0 saturated heterocycles. The van der Waals surface area contributed by atoms with Gasteiger partial charge in [0.15, 0.2) is 5.84 Å². The van der Waals surface area contributed by atoms with Gasteiger partial charge in [0.1, 0.15) is 13.5 Å². The zero-order chi connectivity index (χ0) is 9.84. The number of amidine groups is 1. The first-order valence-electron chi connectivity index (χ1n) is 3.89. The Balaban J connectivity index is 3.11. The summed E-state index contributed by atoms with van der Waals surface area (Å²) in [7, 11) is 5.36. The van der Waals surface area contributed by atoms with Crippen LogP contribution >= 0.6 is 0 Å². The van der Waals surface area contributed by atoms with Crippen LogP contribution in [-0.4, -0.2) is 26.1 Å². The fourth-order valence-corrected chi connectivity index (χ4v) is 0.901. The van der Waals surface area contributed by atoms with Crippen molar-refractivity contribution in [1.82, 2.24) is 0 Å². The first-order chi connectivity index (χ1) is 6.11. The second kappa shape index (κ2) is 3.98. The summed E-state index contributed by atoms with van der Waals surface area (Å²) < 4.78 is 0. The van der Waals surface area contributed by atoms with Crippen molar-refractivity contribution in [3.8, 4) is 0 Å². The Morgan fingerprint density at radius 2 is 2.00 bits per heavy atom. The number of nitrogens with zero attached hydrogens (tertiary/aromatic N) is 3. The molecular formula is C9H10BN3. The smallest absolute Gasteiger partial charge is 0.177 e. The van der Waals surface area contributed by atoms with Gasteiger partial charge in [-0.3, -0.25) is 4.99 Å². The molecule has 4 heteroatoms. The Hall–Kier alpha value is -1.45. The van der Waals surface area contributed by atoms with E-state index in [1.54, 1.807) is 12.4 Å². The summed E-state index contributed by atoms with van der Waals surface area (Å²) in [6, 6.07) is 0. The molecule has 0 aromatic carbocycles. The van der Waals surface area contributed by atoms with Crippen LogP contribution in [0.3, 0.4) is 0 Å². The van der Waals surface area contributed by atoms with E-state index in [9.17, 15) is 0 Å². The standard InChI is InChI=1S/C9H10BN3/c1-6(2)8-9(13-7(3)10)12-5-4-11-8/h4-5H,3H2,1-2H3. The Morgan fingerprint density at radius 1 is 1.38 bits per heavy atom. The Kier molecular flexibility index (Phi) is 2.95. The van der Waals surface area contributed by atoms with E-state index in [1.807, 2.05) is 13.8 Å². The van der Waals surface area contributed by atoms with Gasteiger partial charge in [-0.25, -0.2) is 9.98 Å². The van der Waals surface area contributed by atoms with Gasteiger partial charge in [0.2, 0.25) is 0 Å². The maximum absolute atomic E-state index is 5.36. The molecule has 0 aliphatic carbocycles. The maximum Gasteiger partial charge on any atom is 0.177 e. The number of allylic oxidation sites excluding steroid dienone is 1. The summed E-state index contributed by atoms with van der Waals surface area (Å²) in [5.74, 6) is 0.523. The second-order valence-corrected chi connectivity index (χ2v) is 2.83. The lowest BCUT2D eigenvalue weighted by Gasteiger charge is -2.06. The minimum absolute atomic E-state index is 0.239. The molecule has 0 fully saturated rings. The van der Waals surface area contributed by atoms with E-state index in [4.69, 9.17) is 7.85 Å². The molecule has 0 aromatic rings. The second-order valence-electron chi connectivity index (χ2n) is 2.83. The lowest BCUT2D eigenvalue weighted by atomic mass is 10.1. The first-order valence-corrected chi connectivity index (χ1v) is 3.89. The number of rotatable bonds is 1. The van der Waals surface area contributed by atoms with Crippen LogP contribution in [-0.2, 0) is 0 Å². The van der Waals surface area contributed by atoms with E-state index in [1.165, 1.54) is 0 Å². The number of hydrogen-bond donors (Lipinski definition) is 0. The van der Waals surface area contributed by atoms with E-state index in [0.29, 0.717) is 5.84 Å². The van der Waals surface area contributed by atoms with E-state index in [-0.39, 0.29) is 5.60 Å². The van der Waals surface area contributed by atoms with Crippen LogP contribution in [0.15, 0.2) is 38.4 Å². The molecule has 0 amide bonds. The third-order valence-electron chi connectivity index (χ3n) is 1.40. The Labute approximate surface area is 79.1 Å². The van der Waals surface area contributed by atoms with Gasteiger partial charge in [-0.2, -0.15) is 0 Å². The largest absolute Gasteiger partial charge is 0.251 e. The molecule has 13 heavy (non-hydrogen) atoms. The summed E-state index contributed by atoms with van der Waals surface area (Å²) in [6.45, 7) is 7.38. The average Bonchev–Trinajstić information content (AvgIpc) is 2.03. The van der Waals surface area contributed by atoms with Crippen molar-refractivity contribution in [2.24, 2.45) is 15.0 Å². The van der Waals surface area contributed by atoms with Gasteiger partial charge in [-0.1, -0.05) is 6.58 Å². The maximum atomic E-state index is 5.36. The van der Waals surface area contributed by atoms with Crippen molar-refractivity contribution >= 4 is 26.1 Å². The van der Waals surface area contributed by atoms with Crippen LogP contribution in [0.1, 0.15) is 13.8 Å². The lowest BCUT2D eigenvalue weighted by molar-refractivity contribution is 1.25. The highest BCUT2D eigenvalue weighted by molar-refractivity contribution is 6.26. The lowest BCUT2D eigenvalue weighted by Crippen LogP contribution is -2.06. The van der Waals surface area contributed by atoms with Gasteiger partial charge in [0, 0.05) is 12.4 Å². The van der Waals surface area contributed by atoms with Gasteiger partial charge in [-0.15, -0.1) is 0 Å². The van der Waals surface area contributed by atoms with Crippen molar-refractivity contribution in [2.45, 2.75) is 13.8 Å². The first kappa shape index (κ1) is 9.64. The zero-order valence-corrected chi connectivity index (χ0v) is 7.78.